The number of unbranched alkanes of at least 4 members (excludes halogenated alkanes) is 1. The number of carbonyl (C=O) groups excluding carboxylic acids is 1. The summed E-state index contributed by atoms with van der Waals surface area (Å²) in [4.78, 5) is 12.8. The molecule has 3 aromatic rings. The number of para-hydroxylation sites is 1. The molecule has 3 rings (SSSR count). The van der Waals surface area contributed by atoms with E-state index in [1.165, 1.54) is 0 Å². The van der Waals surface area contributed by atoms with Gasteiger partial charge in [-0.25, -0.2) is 0 Å². The summed E-state index contributed by atoms with van der Waals surface area (Å²) < 4.78 is 5.86. The van der Waals surface area contributed by atoms with Gasteiger partial charge in [0.1, 0.15) is 5.58 Å². The first-order valence-electron chi connectivity index (χ1n) is 8.07. The number of aryl methyl sites for hydroxylation is 1. The van der Waals surface area contributed by atoms with Crippen molar-refractivity contribution in [3.05, 3.63) is 65.4 Å². The Morgan fingerprint density at radius 1 is 1.09 bits per heavy atom. The van der Waals surface area contributed by atoms with Gasteiger partial charge in [-0.15, -0.1) is 0 Å². The third kappa shape index (κ3) is 3.14. The molecule has 0 spiro atoms. The van der Waals surface area contributed by atoms with Crippen molar-refractivity contribution in [3.63, 3.8) is 0 Å². The summed E-state index contributed by atoms with van der Waals surface area (Å²) in [6.07, 6.45) is 2.15. The van der Waals surface area contributed by atoms with Crippen LogP contribution in [0.4, 0.5) is 5.69 Å². The lowest BCUT2D eigenvalue weighted by atomic mass is 10.1. The van der Waals surface area contributed by atoms with Crippen molar-refractivity contribution >= 4 is 22.4 Å². The molecular weight excluding hydrogens is 286 g/mol. The fourth-order valence-electron chi connectivity index (χ4n) is 2.61. The average Bonchev–Trinajstić information content (AvgIpc) is 2.94. The van der Waals surface area contributed by atoms with Gasteiger partial charge in [0.25, 0.3) is 0 Å². The van der Waals surface area contributed by atoms with Crippen molar-refractivity contribution in [2.24, 2.45) is 0 Å². The molecule has 0 aliphatic carbocycles. The highest BCUT2D eigenvalue weighted by Crippen LogP contribution is 2.32. The molecule has 1 N–H and O–H groups in total. The van der Waals surface area contributed by atoms with E-state index >= 15 is 0 Å². The number of hydrogen-bond donors (Lipinski definition) is 1. The Morgan fingerprint density at radius 3 is 2.57 bits per heavy atom. The van der Waals surface area contributed by atoms with Gasteiger partial charge in [-0.05, 0) is 25.5 Å². The molecule has 0 saturated heterocycles. The van der Waals surface area contributed by atoms with Crippen LogP contribution < -0.4 is 5.32 Å². The zero-order chi connectivity index (χ0) is 16.2. The lowest BCUT2D eigenvalue weighted by Crippen LogP contribution is -2.07. The van der Waals surface area contributed by atoms with Gasteiger partial charge in [0.05, 0.1) is 5.69 Å². The quantitative estimate of drug-likeness (QED) is 0.503. The second kappa shape index (κ2) is 6.69. The summed E-state index contributed by atoms with van der Waals surface area (Å²) >= 11 is 0. The molecule has 0 fully saturated rings. The van der Waals surface area contributed by atoms with E-state index in [1.54, 1.807) is 0 Å². The van der Waals surface area contributed by atoms with E-state index in [1.807, 2.05) is 55.5 Å². The normalized spacial score (nSPS) is 10.9. The van der Waals surface area contributed by atoms with E-state index in [9.17, 15) is 4.79 Å². The monoisotopic (exact) mass is 307 g/mol. The predicted octanol–water partition coefficient (Wildman–Crippen LogP) is 5.18. The molecule has 0 saturated carbocycles. The van der Waals surface area contributed by atoms with Crippen molar-refractivity contribution in [2.45, 2.75) is 26.7 Å². The van der Waals surface area contributed by atoms with Gasteiger partial charge in [0.2, 0.25) is 5.78 Å². The lowest BCUT2D eigenvalue weighted by Gasteiger charge is -2.06. The number of hydrogen-bond acceptors (Lipinski definition) is 3. The Bertz CT molecular complexity index is 815. The van der Waals surface area contributed by atoms with Crippen LogP contribution in [-0.2, 0) is 0 Å². The smallest absolute Gasteiger partial charge is 0.230 e. The molecule has 0 atom stereocenters. The van der Waals surface area contributed by atoms with E-state index in [4.69, 9.17) is 4.42 Å². The molecule has 0 aliphatic rings. The van der Waals surface area contributed by atoms with Crippen molar-refractivity contribution in [1.29, 1.82) is 0 Å². The number of rotatable bonds is 6. The third-order valence-corrected chi connectivity index (χ3v) is 3.95. The molecule has 2 aromatic carbocycles. The van der Waals surface area contributed by atoms with E-state index in [0.717, 1.165) is 41.6 Å². The molecule has 118 valence electrons. The van der Waals surface area contributed by atoms with Gasteiger partial charge < -0.3 is 9.73 Å². The van der Waals surface area contributed by atoms with E-state index in [2.05, 4.69) is 12.2 Å². The fourth-order valence-corrected chi connectivity index (χ4v) is 2.61. The highest BCUT2D eigenvalue weighted by molar-refractivity contribution is 6.14. The number of benzene rings is 2. The molecule has 1 heterocycles. The van der Waals surface area contributed by atoms with Crippen molar-refractivity contribution < 1.29 is 9.21 Å². The Morgan fingerprint density at radius 2 is 1.83 bits per heavy atom. The van der Waals surface area contributed by atoms with Gasteiger partial charge in [-0.1, -0.05) is 55.3 Å². The molecule has 3 heteroatoms. The van der Waals surface area contributed by atoms with E-state index in [-0.39, 0.29) is 5.78 Å². The van der Waals surface area contributed by atoms with Crippen LogP contribution in [0.1, 0.15) is 41.4 Å². The number of anilines is 1. The van der Waals surface area contributed by atoms with Crippen LogP contribution in [0, 0.1) is 6.92 Å². The summed E-state index contributed by atoms with van der Waals surface area (Å²) in [7, 11) is 0. The van der Waals surface area contributed by atoms with Gasteiger partial charge in [-0.3, -0.25) is 4.79 Å². The maximum absolute atomic E-state index is 12.8. The molecular formula is C20H21NO2. The molecule has 0 unspecified atom stereocenters. The molecule has 3 nitrogen and oxygen atoms in total. The molecule has 1 aromatic heterocycles. The van der Waals surface area contributed by atoms with E-state index < -0.39 is 0 Å². The summed E-state index contributed by atoms with van der Waals surface area (Å²) in [5, 5.41) is 4.34. The maximum Gasteiger partial charge on any atom is 0.230 e. The number of furan rings is 1. The summed E-state index contributed by atoms with van der Waals surface area (Å²) in [6.45, 7) is 4.98. The zero-order valence-electron chi connectivity index (χ0n) is 13.6. The summed E-state index contributed by atoms with van der Waals surface area (Å²) in [5.74, 6) is 0.311. The summed E-state index contributed by atoms with van der Waals surface area (Å²) in [6, 6.07) is 15.3. The number of ketones is 1. The molecule has 0 radical (unpaired) electrons. The first-order valence-corrected chi connectivity index (χ1v) is 8.07. The topological polar surface area (TPSA) is 42.2 Å². The molecule has 0 amide bonds. The van der Waals surface area contributed by atoms with Crippen molar-refractivity contribution in [1.82, 2.24) is 0 Å². The first-order chi connectivity index (χ1) is 11.2. The molecule has 0 aliphatic heterocycles. The highest BCUT2D eigenvalue weighted by atomic mass is 16.3. The lowest BCUT2D eigenvalue weighted by molar-refractivity contribution is 0.101. The van der Waals surface area contributed by atoms with Crippen LogP contribution >= 0.6 is 0 Å². The Labute approximate surface area is 136 Å². The van der Waals surface area contributed by atoms with Crippen molar-refractivity contribution in [2.75, 3.05) is 11.9 Å². The second-order valence-electron chi connectivity index (χ2n) is 5.78. The van der Waals surface area contributed by atoms with Crippen LogP contribution in [0.5, 0.6) is 0 Å². The minimum atomic E-state index is -0.0831. The van der Waals surface area contributed by atoms with Gasteiger partial charge in [0.15, 0.2) is 5.76 Å². The third-order valence-electron chi connectivity index (χ3n) is 3.95. The maximum atomic E-state index is 12.8. The van der Waals surface area contributed by atoms with Crippen LogP contribution in [0.15, 0.2) is 52.9 Å². The Hall–Kier alpha value is -2.55. The minimum Gasteiger partial charge on any atom is -0.450 e. The highest BCUT2D eigenvalue weighted by Gasteiger charge is 2.21. The van der Waals surface area contributed by atoms with Gasteiger partial charge in [-0.2, -0.15) is 0 Å². The van der Waals surface area contributed by atoms with Gasteiger partial charge >= 0.3 is 0 Å². The Balaban J connectivity index is 2.02. The summed E-state index contributed by atoms with van der Waals surface area (Å²) in [5.41, 5.74) is 3.32. The standard InChI is InChI=1S/C20H21NO2/c1-3-4-13-21-18-16-7-5-6-8-17(16)23-20(18)19(22)15-11-9-14(2)10-12-15/h5-12,21H,3-4,13H2,1-2H3. The second-order valence-corrected chi connectivity index (χ2v) is 5.78. The number of carbonyl (C=O) groups is 1. The van der Waals surface area contributed by atoms with Crippen LogP contribution in [0.3, 0.4) is 0 Å². The largest absolute Gasteiger partial charge is 0.450 e. The zero-order valence-corrected chi connectivity index (χ0v) is 13.6. The molecule has 23 heavy (non-hydrogen) atoms. The van der Waals surface area contributed by atoms with Gasteiger partial charge in [0, 0.05) is 17.5 Å². The SMILES string of the molecule is CCCCNc1c(C(=O)c2ccc(C)cc2)oc2ccccc12. The predicted molar refractivity (Wildman–Crippen MR) is 94.2 cm³/mol. The van der Waals surface area contributed by atoms with Crippen LogP contribution in [0.25, 0.3) is 11.0 Å². The van der Waals surface area contributed by atoms with Crippen LogP contribution in [-0.4, -0.2) is 12.3 Å². The molecule has 0 bridgehead atoms. The number of nitrogens with one attached hydrogen (secondary N) is 1. The van der Waals surface area contributed by atoms with Crippen molar-refractivity contribution in [3.8, 4) is 0 Å². The minimum absolute atomic E-state index is 0.0831. The average molecular weight is 307 g/mol. The first kappa shape index (κ1) is 15.3. The van der Waals surface area contributed by atoms with Crippen LogP contribution in [0.2, 0.25) is 0 Å². The number of fused-ring (bicyclic) bond motifs is 1. The Kier molecular flexibility index (Phi) is 4.47. The van der Waals surface area contributed by atoms with E-state index in [0.29, 0.717) is 11.3 Å². The fraction of sp³-hybridized carbons (Fsp3) is 0.250.